The van der Waals surface area contributed by atoms with Crippen LogP contribution in [0.15, 0.2) is 48.8 Å². The minimum absolute atomic E-state index is 0.173. The topological polar surface area (TPSA) is 68.6 Å². The summed E-state index contributed by atoms with van der Waals surface area (Å²) in [5.74, 6) is 0.609. The number of amides is 1. The number of carbonyl (C=O) groups is 1. The van der Waals surface area contributed by atoms with Gasteiger partial charge in [-0.1, -0.05) is 24.3 Å². The largest absolute Gasteiger partial charge is 0.496 e. The van der Waals surface area contributed by atoms with E-state index in [1.54, 1.807) is 19.5 Å². The average molecular weight is 380 g/mol. The molecule has 3 aromatic rings. The predicted molar refractivity (Wildman–Crippen MR) is 108 cm³/mol. The van der Waals surface area contributed by atoms with Crippen LogP contribution in [-0.4, -0.2) is 60.5 Å². The number of nitrogens with one attached hydrogen (secondary N) is 1. The van der Waals surface area contributed by atoms with Crippen LogP contribution in [0, 0.1) is 0 Å². The van der Waals surface area contributed by atoms with Crippen LogP contribution in [0.4, 0.5) is 5.69 Å². The molecular formula is C21H24N4O3. The third-order valence-electron chi connectivity index (χ3n) is 5.00. The first-order valence-corrected chi connectivity index (χ1v) is 9.44. The molecule has 0 aliphatic carbocycles. The van der Waals surface area contributed by atoms with Gasteiger partial charge < -0.3 is 14.8 Å². The summed E-state index contributed by atoms with van der Waals surface area (Å²) in [7, 11) is 1.64. The van der Waals surface area contributed by atoms with E-state index >= 15 is 0 Å². The highest BCUT2D eigenvalue weighted by Crippen LogP contribution is 2.31. The molecule has 1 fully saturated rings. The SMILES string of the molecule is COc1ccc(NC(=O)c2cnn(CCN3CCOCC3)c2)c2ccccc12. The van der Waals surface area contributed by atoms with E-state index in [1.165, 1.54) is 0 Å². The second kappa shape index (κ2) is 8.41. The van der Waals surface area contributed by atoms with Gasteiger partial charge >= 0.3 is 0 Å². The Morgan fingerprint density at radius 3 is 2.71 bits per heavy atom. The molecule has 0 saturated carbocycles. The van der Waals surface area contributed by atoms with Gasteiger partial charge in [-0.2, -0.15) is 5.10 Å². The first-order valence-electron chi connectivity index (χ1n) is 9.44. The third kappa shape index (κ3) is 4.00. The molecular weight excluding hydrogens is 356 g/mol. The van der Waals surface area contributed by atoms with E-state index in [0.29, 0.717) is 5.56 Å². The normalized spacial score (nSPS) is 14.9. The fraction of sp³-hybridized carbons (Fsp3) is 0.333. The van der Waals surface area contributed by atoms with Crippen LogP contribution < -0.4 is 10.1 Å². The Kier molecular flexibility index (Phi) is 5.55. The lowest BCUT2D eigenvalue weighted by Gasteiger charge is -2.26. The minimum atomic E-state index is -0.173. The highest BCUT2D eigenvalue weighted by molar-refractivity contribution is 6.09. The second-order valence-corrected chi connectivity index (χ2v) is 6.76. The number of carbonyl (C=O) groups excluding carboxylic acids is 1. The molecule has 1 amide bonds. The smallest absolute Gasteiger partial charge is 0.258 e. The summed E-state index contributed by atoms with van der Waals surface area (Å²) in [5, 5.41) is 9.23. The summed E-state index contributed by atoms with van der Waals surface area (Å²) in [4.78, 5) is 15.1. The Labute approximate surface area is 163 Å². The van der Waals surface area contributed by atoms with Crippen LogP contribution in [0.25, 0.3) is 10.8 Å². The summed E-state index contributed by atoms with van der Waals surface area (Å²) >= 11 is 0. The van der Waals surface area contributed by atoms with Gasteiger partial charge in [0.05, 0.1) is 38.6 Å². The Morgan fingerprint density at radius 2 is 1.93 bits per heavy atom. The van der Waals surface area contributed by atoms with Gasteiger partial charge in [-0.15, -0.1) is 0 Å². The van der Waals surface area contributed by atoms with Crippen LogP contribution in [-0.2, 0) is 11.3 Å². The summed E-state index contributed by atoms with van der Waals surface area (Å²) < 4.78 is 12.6. The van der Waals surface area contributed by atoms with Crippen molar-refractivity contribution in [2.75, 3.05) is 45.3 Å². The van der Waals surface area contributed by atoms with Crippen LogP contribution in [0.2, 0.25) is 0 Å². The molecule has 1 N–H and O–H groups in total. The molecule has 2 aromatic carbocycles. The molecule has 1 aliphatic rings. The highest BCUT2D eigenvalue weighted by atomic mass is 16.5. The van der Waals surface area contributed by atoms with Crippen LogP contribution in [0.5, 0.6) is 5.75 Å². The van der Waals surface area contributed by atoms with Crippen molar-refractivity contribution in [3.8, 4) is 5.75 Å². The van der Waals surface area contributed by atoms with Gasteiger partial charge in [0.15, 0.2) is 0 Å². The molecule has 0 radical (unpaired) electrons. The van der Waals surface area contributed by atoms with Gasteiger partial charge in [0, 0.05) is 42.3 Å². The van der Waals surface area contributed by atoms with Crippen LogP contribution in [0.3, 0.4) is 0 Å². The van der Waals surface area contributed by atoms with Gasteiger partial charge in [0.2, 0.25) is 0 Å². The second-order valence-electron chi connectivity index (χ2n) is 6.76. The average Bonchev–Trinajstić information content (AvgIpc) is 3.22. The Morgan fingerprint density at radius 1 is 1.14 bits per heavy atom. The van der Waals surface area contributed by atoms with Crippen molar-refractivity contribution in [2.24, 2.45) is 0 Å². The minimum Gasteiger partial charge on any atom is -0.496 e. The number of fused-ring (bicyclic) bond motifs is 1. The first kappa shape index (κ1) is 18.5. The zero-order valence-corrected chi connectivity index (χ0v) is 15.9. The number of benzene rings is 2. The van der Waals surface area contributed by atoms with E-state index in [-0.39, 0.29) is 5.91 Å². The lowest BCUT2D eigenvalue weighted by atomic mass is 10.1. The van der Waals surface area contributed by atoms with Gasteiger partial charge in [-0.05, 0) is 12.1 Å². The zero-order chi connectivity index (χ0) is 19.3. The number of rotatable bonds is 6. The molecule has 4 rings (SSSR count). The first-order chi connectivity index (χ1) is 13.7. The Bertz CT molecular complexity index is 963. The van der Waals surface area contributed by atoms with Crippen molar-refractivity contribution in [1.29, 1.82) is 0 Å². The molecule has 28 heavy (non-hydrogen) atoms. The van der Waals surface area contributed by atoms with Crippen LogP contribution >= 0.6 is 0 Å². The van der Waals surface area contributed by atoms with Gasteiger partial charge in [0.25, 0.3) is 5.91 Å². The van der Waals surface area contributed by atoms with Gasteiger partial charge in [-0.3, -0.25) is 14.4 Å². The molecule has 2 heterocycles. The molecule has 1 saturated heterocycles. The zero-order valence-electron chi connectivity index (χ0n) is 15.9. The number of ether oxygens (including phenoxy) is 2. The quantitative estimate of drug-likeness (QED) is 0.712. The predicted octanol–water partition coefficient (Wildman–Crippen LogP) is 2.63. The molecule has 0 unspecified atom stereocenters. The van der Waals surface area contributed by atoms with E-state index in [2.05, 4.69) is 15.3 Å². The number of hydrogen-bond donors (Lipinski definition) is 1. The van der Waals surface area contributed by atoms with Crippen molar-refractivity contribution in [2.45, 2.75) is 6.54 Å². The monoisotopic (exact) mass is 380 g/mol. The third-order valence-corrected chi connectivity index (χ3v) is 5.00. The molecule has 146 valence electrons. The molecule has 0 atom stereocenters. The molecule has 7 nitrogen and oxygen atoms in total. The summed E-state index contributed by atoms with van der Waals surface area (Å²) in [6.07, 6.45) is 3.40. The number of hydrogen-bond acceptors (Lipinski definition) is 5. The van der Waals surface area contributed by atoms with Crippen molar-refractivity contribution >= 4 is 22.4 Å². The van der Waals surface area contributed by atoms with Gasteiger partial charge in [-0.25, -0.2) is 0 Å². The van der Waals surface area contributed by atoms with E-state index < -0.39 is 0 Å². The molecule has 7 heteroatoms. The van der Waals surface area contributed by atoms with Crippen LogP contribution in [0.1, 0.15) is 10.4 Å². The number of nitrogens with zero attached hydrogens (tertiary/aromatic N) is 3. The lowest BCUT2D eigenvalue weighted by Crippen LogP contribution is -2.38. The molecule has 1 aliphatic heterocycles. The summed E-state index contributed by atoms with van der Waals surface area (Å²) in [5.41, 5.74) is 1.30. The maximum Gasteiger partial charge on any atom is 0.258 e. The van der Waals surface area contributed by atoms with Crippen molar-refractivity contribution in [1.82, 2.24) is 14.7 Å². The van der Waals surface area contributed by atoms with Crippen molar-refractivity contribution < 1.29 is 14.3 Å². The van der Waals surface area contributed by atoms with E-state index in [4.69, 9.17) is 9.47 Å². The number of anilines is 1. The van der Waals surface area contributed by atoms with Crippen molar-refractivity contribution in [3.05, 3.63) is 54.4 Å². The van der Waals surface area contributed by atoms with Gasteiger partial charge in [0.1, 0.15) is 5.75 Å². The summed E-state index contributed by atoms with van der Waals surface area (Å²) in [6.45, 7) is 5.09. The summed E-state index contributed by atoms with van der Waals surface area (Å²) in [6, 6.07) is 11.6. The number of morpholine rings is 1. The highest BCUT2D eigenvalue weighted by Gasteiger charge is 2.14. The molecule has 0 bridgehead atoms. The van der Waals surface area contributed by atoms with Crippen molar-refractivity contribution in [3.63, 3.8) is 0 Å². The molecule has 0 spiro atoms. The lowest BCUT2D eigenvalue weighted by molar-refractivity contribution is 0.0360. The Hall–Kier alpha value is -2.90. The van der Waals surface area contributed by atoms with E-state index in [1.807, 2.05) is 41.1 Å². The fourth-order valence-corrected chi connectivity index (χ4v) is 3.42. The Balaban J connectivity index is 1.44. The standard InChI is InChI=1S/C21H24N4O3/c1-27-20-7-6-19(17-4-2-3-5-18(17)20)23-21(26)16-14-22-25(15-16)9-8-24-10-12-28-13-11-24/h2-7,14-15H,8-13H2,1H3,(H,23,26). The maximum absolute atomic E-state index is 12.7. The fourth-order valence-electron chi connectivity index (χ4n) is 3.42. The molecule has 1 aromatic heterocycles. The number of methoxy groups -OCH3 is 1. The maximum atomic E-state index is 12.7. The van der Waals surface area contributed by atoms with E-state index in [0.717, 1.165) is 61.6 Å². The van der Waals surface area contributed by atoms with E-state index in [9.17, 15) is 4.79 Å². The number of aromatic nitrogens is 2.